The Morgan fingerprint density at radius 2 is 1.27 bits per heavy atom. The Hall–Kier alpha value is -2.20. The normalized spacial score (nSPS) is 15.4. The molecule has 4 atom stereocenters. The van der Waals surface area contributed by atoms with Crippen LogP contribution in [0.4, 0.5) is 0 Å². The maximum atomic E-state index is 12.8. The lowest BCUT2D eigenvalue weighted by Gasteiger charge is -2.27. The summed E-state index contributed by atoms with van der Waals surface area (Å²) in [5.41, 5.74) is 5.89. The first-order valence-electron chi connectivity index (χ1n) is 10.3. The summed E-state index contributed by atoms with van der Waals surface area (Å²) in [6.07, 6.45) is 0.718. The predicted octanol–water partition coefficient (Wildman–Crippen LogP) is -0.407. The quantitative estimate of drug-likeness (QED) is 0.231. The van der Waals surface area contributed by atoms with Crippen LogP contribution in [0.25, 0.3) is 0 Å². The highest BCUT2D eigenvalue weighted by Crippen LogP contribution is 2.09. The zero-order chi connectivity index (χ0) is 23.6. The fourth-order valence-electron chi connectivity index (χ4n) is 2.83. The van der Waals surface area contributed by atoms with E-state index >= 15 is 0 Å². The Morgan fingerprint density at radius 1 is 0.767 bits per heavy atom. The molecular formula is C20H38N4O6. The Kier molecular flexibility index (Phi) is 12.2. The van der Waals surface area contributed by atoms with Crippen LogP contribution < -0.4 is 21.7 Å². The number of hydrogen-bond acceptors (Lipinski definition) is 6. The van der Waals surface area contributed by atoms with E-state index in [0.717, 1.165) is 0 Å². The fraction of sp³-hybridized carbons (Fsp3) is 0.800. The number of aliphatic hydroxyl groups excluding tert-OH is 1. The van der Waals surface area contributed by atoms with Gasteiger partial charge in [-0.3, -0.25) is 14.4 Å². The molecule has 0 aromatic rings. The Bertz CT molecular complexity index is 594. The van der Waals surface area contributed by atoms with E-state index in [1.807, 2.05) is 27.7 Å². The van der Waals surface area contributed by atoms with Crippen molar-refractivity contribution in [3.8, 4) is 0 Å². The standard InChI is InChI=1S/C20H38N4O6/c1-10(2)7-13(21)17(26)24-16(12(5)6)19(28)22-14(8-11(3)4)18(27)23-15(9-25)20(29)30/h10-16,25H,7-9,21H2,1-6H3,(H,22,28)(H,23,27)(H,24,26)(H,29,30). The van der Waals surface area contributed by atoms with Crippen molar-refractivity contribution in [2.24, 2.45) is 23.5 Å². The lowest BCUT2D eigenvalue weighted by Crippen LogP contribution is -2.59. The molecule has 0 radical (unpaired) electrons. The number of nitrogens with one attached hydrogen (secondary N) is 3. The van der Waals surface area contributed by atoms with E-state index in [1.165, 1.54) is 0 Å². The molecule has 0 heterocycles. The molecule has 0 rings (SSSR count). The van der Waals surface area contributed by atoms with Gasteiger partial charge in [0.25, 0.3) is 0 Å². The van der Waals surface area contributed by atoms with Crippen molar-refractivity contribution in [1.82, 2.24) is 16.0 Å². The highest BCUT2D eigenvalue weighted by molar-refractivity contribution is 5.94. The van der Waals surface area contributed by atoms with Crippen LogP contribution in [-0.2, 0) is 19.2 Å². The SMILES string of the molecule is CC(C)CC(N)C(=O)NC(C(=O)NC(CC(C)C)C(=O)NC(CO)C(=O)O)C(C)C. The van der Waals surface area contributed by atoms with E-state index < -0.39 is 54.5 Å². The molecule has 0 aliphatic carbocycles. The molecule has 7 N–H and O–H groups in total. The predicted molar refractivity (Wildman–Crippen MR) is 112 cm³/mol. The number of carboxylic acids is 1. The molecule has 0 bridgehead atoms. The van der Waals surface area contributed by atoms with Gasteiger partial charge in [0.1, 0.15) is 18.1 Å². The average molecular weight is 431 g/mol. The van der Waals surface area contributed by atoms with E-state index in [2.05, 4.69) is 16.0 Å². The first-order chi connectivity index (χ1) is 13.8. The third-order valence-electron chi connectivity index (χ3n) is 4.45. The van der Waals surface area contributed by atoms with Crippen molar-refractivity contribution in [3.63, 3.8) is 0 Å². The number of aliphatic carboxylic acids is 1. The largest absolute Gasteiger partial charge is 0.480 e. The lowest BCUT2D eigenvalue weighted by molar-refractivity contribution is -0.143. The second kappa shape index (κ2) is 13.2. The summed E-state index contributed by atoms with van der Waals surface area (Å²) in [6.45, 7) is 10.3. The van der Waals surface area contributed by atoms with Crippen molar-refractivity contribution >= 4 is 23.7 Å². The van der Waals surface area contributed by atoms with Gasteiger partial charge < -0.3 is 31.9 Å². The smallest absolute Gasteiger partial charge is 0.328 e. The molecule has 0 aliphatic rings. The maximum Gasteiger partial charge on any atom is 0.328 e. The van der Waals surface area contributed by atoms with E-state index in [4.69, 9.17) is 15.9 Å². The molecule has 174 valence electrons. The topological polar surface area (TPSA) is 171 Å². The maximum absolute atomic E-state index is 12.8. The number of hydrogen-bond donors (Lipinski definition) is 6. The first-order valence-corrected chi connectivity index (χ1v) is 10.3. The van der Waals surface area contributed by atoms with Crippen LogP contribution in [0.15, 0.2) is 0 Å². The molecule has 0 fully saturated rings. The van der Waals surface area contributed by atoms with Gasteiger partial charge in [-0.25, -0.2) is 4.79 Å². The van der Waals surface area contributed by atoms with E-state index in [9.17, 15) is 19.2 Å². The molecule has 0 aromatic carbocycles. The second-order valence-electron chi connectivity index (χ2n) is 8.74. The van der Waals surface area contributed by atoms with Crippen molar-refractivity contribution in [1.29, 1.82) is 0 Å². The first kappa shape index (κ1) is 27.8. The van der Waals surface area contributed by atoms with Gasteiger partial charge >= 0.3 is 5.97 Å². The highest BCUT2D eigenvalue weighted by Gasteiger charge is 2.31. The van der Waals surface area contributed by atoms with Gasteiger partial charge in [-0.15, -0.1) is 0 Å². The monoisotopic (exact) mass is 430 g/mol. The summed E-state index contributed by atoms with van der Waals surface area (Å²) < 4.78 is 0. The minimum Gasteiger partial charge on any atom is -0.480 e. The molecule has 30 heavy (non-hydrogen) atoms. The zero-order valence-corrected chi connectivity index (χ0v) is 18.8. The summed E-state index contributed by atoms with van der Waals surface area (Å²) in [6, 6.07) is -4.16. The summed E-state index contributed by atoms with van der Waals surface area (Å²) in [4.78, 5) is 48.8. The van der Waals surface area contributed by atoms with Crippen molar-refractivity contribution in [2.75, 3.05) is 6.61 Å². The third-order valence-corrected chi connectivity index (χ3v) is 4.45. The fourth-order valence-corrected chi connectivity index (χ4v) is 2.83. The summed E-state index contributed by atoms with van der Waals surface area (Å²) in [5.74, 6) is -3.15. The number of amides is 3. The molecule has 4 unspecified atom stereocenters. The Labute approximate surface area is 178 Å². The van der Waals surface area contributed by atoms with Gasteiger partial charge in [-0.1, -0.05) is 41.5 Å². The van der Waals surface area contributed by atoms with Crippen LogP contribution in [0.3, 0.4) is 0 Å². The summed E-state index contributed by atoms with van der Waals surface area (Å²) >= 11 is 0. The number of nitrogens with two attached hydrogens (primary N) is 1. The lowest BCUT2D eigenvalue weighted by atomic mass is 9.98. The van der Waals surface area contributed by atoms with Gasteiger partial charge in [0, 0.05) is 0 Å². The van der Waals surface area contributed by atoms with Gasteiger partial charge in [0.15, 0.2) is 0 Å². The Balaban J connectivity index is 5.33. The molecule has 3 amide bonds. The zero-order valence-electron chi connectivity index (χ0n) is 18.8. The van der Waals surface area contributed by atoms with Gasteiger partial charge in [-0.05, 0) is 30.6 Å². The molecular weight excluding hydrogens is 392 g/mol. The van der Waals surface area contributed by atoms with Crippen molar-refractivity contribution in [2.45, 2.75) is 78.6 Å². The molecule has 0 aromatic heterocycles. The van der Waals surface area contributed by atoms with E-state index in [1.54, 1.807) is 13.8 Å². The van der Waals surface area contributed by atoms with Crippen LogP contribution >= 0.6 is 0 Å². The number of carboxylic acid groups (broad SMARTS) is 1. The van der Waals surface area contributed by atoms with E-state index in [-0.39, 0.29) is 24.2 Å². The molecule has 0 aliphatic heterocycles. The highest BCUT2D eigenvalue weighted by atomic mass is 16.4. The number of aliphatic hydroxyl groups is 1. The van der Waals surface area contributed by atoms with Crippen LogP contribution in [0.2, 0.25) is 0 Å². The number of carbonyl (C=O) groups excluding carboxylic acids is 3. The second-order valence-corrected chi connectivity index (χ2v) is 8.74. The van der Waals surface area contributed by atoms with Crippen molar-refractivity contribution in [3.05, 3.63) is 0 Å². The van der Waals surface area contributed by atoms with E-state index in [0.29, 0.717) is 6.42 Å². The van der Waals surface area contributed by atoms with Crippen LogP contribution in [-0.4, -0.2) is 64.7 Å². The third kappa shape index (κ3) is 10.0. The molecule has 0 saturated heterocycles. The molecule has 0 saturated carbocycles. The van der Waals surface area contributed by atoms with Gasteiger partial charge in [-0.2, -0.15) is 0 Å². The number of rotatable bonds is 13. The average Bonchev–Trinajstić information content (AvgIpc) is 2.61. The van der Waals surface area contributed by atoms with Gasteiger partial charge in [0.05, 0.1) is 12.6 Å². The summed E-state index contributed by atoms with van der Waals surface area (Å²) in [7, 11) is 0. The summed E-state index contributed by atoms with van der Waals surface area (Å²) in [5, 5.41) is 25.6. The Morgan fingerprint density at radius 3 is 1.67 bits per heavy atom. The van der Waals surface area contributed by atoms with Crippen LogP contribution in [0.5, 0.6) is 0 Å². The van der Waals surface area contributed by atoms with Crippen LogP contribution in [0.1, 0.15) is 54.4 Å². The molecule has 10 nitrogen and oxygen atoms in total. The van der Waals surface area contributed by atoms with Gasteiger partial charge in [0.2, 0.25) is 17.7 Å². The number of carbonyl (C=O) groups is 4. The minimum atomic E-state index is -1.47. The molecule has 10 heteroatoms. The minimum absolute atomic E-state index is 0.0185. The molecule has 0 spiro atoms. The van der Waals surface area contributed by atoms with Crippen LogP contribution in [0, 0.1) is 17.8 Å². The van der Waals surface area contributed by atoms with Crippen molar-refractivity contribution < 1.29 is 29.4 Å².